The number of rotatable bonds is 3. The van der Waals surface area contributed by atoms with Gasteiger partial charge in [0, 0.05) is 31.9 Å². The van der Waals surface area contributed by atoms with Crippen molar-refractivity contribution in [2.45, 2.75) is 6.92 Å². The van der Waals surface area contributed by atoms with Crippen molar-refractivity contribution in [3.63, 3.8) is 0 Å². The first-order valence-corrected chi connectivity index (χ1v) is 8.59. The number of nitrogens with zero attached hydrogens (tertiary/aromatic N) is 2. The molecule has 0 atom stereocenters. The summed E-state index contributed by atoms with van der Waals surface area (Å²) >= 11 is 5.56. The molecule has 24 heavy (non-hydrogen) atoms. The lowest BCUT2D eigenvalue weighted by Crippen LogP contribution is -2.50. The molecular formula is C19H23N3OS. The van der Waals surface area contributed by atoms with Crippen LogP contribution in [0.15, 0.2) is 48.5 Å². The van der Waals surface area contributed by atoms with E-state index in [9.17, 15) is 0 Å². The highest BCUT2D eigenvalue weighted by molar-refractivity contribution is 7.80. The summed E-state index contributed by atoms with van der Waals surface area (Å²) in [5.74, 6) is 0.923. The summed E-state index contributed by atoms with van der Waals surface area (Å²) in [6.45, 7) is 5.73. The molecule has 0 aromatic heterocycles. The summed E-state index contributed by atoms with van der Waals surface area (Å²) in [4.78, 5) is 4.57. The van der Waals surface area contributed by atoms with E-state index in [0.717, 1.165) is 48.4 Å². The second-order valence-electron chi connectivity index (χ2n) is 5.94. The average Bonchev–Trinajstić information content (AvgIpc) is 2.63. The van der Waals surface area contributed by atoms with Crippen LogP contribution < -0.4 is 15.0 Å². The van der Waals surface area contributed by atoms with Crippen LogP contribution >= 0.6 is 12.2 Å². The normalized spacial score (nSPS) is 14.4. The Labute approximate surface area is 149 Å². The largest absolute Gasteiger partial charge is 0.495 e. The highest BCUT2D eigenvalue weighted by Crippen LogP contribution is 2.28. The van der Waals surface area contributed by atoms with Crippen LogP contribution in [0.5, 0.6) is 5.75 Å². The van der Waals surface area contributed by atoms with Crippen LogP contribution in [-0.4, -0.2) is 43.3 Å². The Kier molecular flexibility index (Phi) is 5.20. The Hall–Kier alpha value is -2.27. The number of para-hydroxylation sites is 2. The van der Waals surface area contributed by atoms with Crippen LogP contribution in [-0.2, 0) is 0 Å². The van der Waals surface area contributed by atoms with Crippen molar-refractivity contribution in [1.82, 2.24) is 4.90 Å². The van der Waals surface area contributed by atoms with Crippen LogP contribution in [0.3, 0.4) is 0 Å². The van der Waals surface area contributed by atoms with E-state index in [1.165, 1.54) is 5.56 Å². The van der Waals surface area contributed by atoms with Gasteiger partial charge >= 0.3 is 0 Å². The molecule has 1 saturated heterocycles. The molecule has 5 heteroatoms. The minimum Gasteiger partial charge on any atom is -0.495 e. The monoisotopic (exact) mass is 341 g/mol. The molecule has 2 aromatic rings. The van der Waals surface area contributed by atoms with Gasteiger partial charge in [0.15, 0.2) is 5.11 Å². The van der Waals surface area contributed by atoms with E-state index in [2.05, 4.69) is 52.4 Å². The van der Waals surface area contributed by atoms with Gasteiger partial charge in [0.05, 0.1) is 12.8 Å². The molecule has 3 rings (SSSR count). The SMILES string of the molecule is COc1ccccc1N1CCN(C(=S)Nc2ccc(C)cc2)CC1. The molecule has 0 bridgehead atoms. The third kappa shape index (κ3) is 3.79. The molecule has 0 saturated carbocycles. The Morgan fingerprint density at radius 1 is 1.00 bits per heavy atom. The van der Waals surface area contributed by atoms with Crippen molar-refractivity contribution >= 4 is 28.7 Å². The third-order valence-electron chi connectivity index (χ3n) is 4.30. The molecule has 126 valence electrons. The van der Waals surface area contributed by atoms with E-state index in [-0.39, 0.29) is 0 Å². The Balaban J connectivity index is 1.58. The van der Waals surface area contributed by atoms with Gasteiger partial charge in [-0.15, -0.1) is 0 Å². The van der Waals surface area contributed by atoms with Crippen LogP contribution in [0.2, 0.25) is 0 Å². The maximum Gasteiger partial charge on any atom is 0.173 e. The zero-order valence-corrected chi connectivity index (χ0v) is 15.0. The Morgan fingerprint density at radius 3 is 2.33 bits per heavy atom. The summed E-state index contributed by atoms with van der Waals surface area (Å²) < 4.78 is 5.47. The zero-order valence-electron chi connectivity index (χ0n) is 14.2. The fourth-order valence-corrected chi connectivity index (χ4v) is 3.18. The van der Waals surface area contributed by atoms with Crippen molar-refractivity contribution < 1.29 is 4.74 Å². The fourth-order valence-electron chi connectivity index (χ4n) is 2.88. The summed E-state index contributed by atoms with van der Waals surface area (Å²) in [5, 5.41) is 4.12. The number of hydrogen-bond donors (Lipinski definition) is 1. The predicted octanol–water partition coefficient (Wildman–Crippen LogP) is 3.52. The lowest BCUT2D eigenvalue weighted by molar-refractivity contribution is 0.382. The number of nitrogens with one attached hydrogen (secondary N) is 1. The third-order valence-corrected chi connectivity index (χ3v) is 4.66. The van der Waals surface area contributed by atoms with E-state index >= 15 is 0 Å². The summed E-state index contributed by atoms with van der Waals surface area (Å²) in [7, 11) is 1.72. The number of aryl methyl sites for hydroxylation is 1. The van der Waals surface area contributed by atoms with Crippen LogP contribution in [0.1, 0.15) is 5.56 Å². The maximum atomic E-state index is 5.56. The van der Waals surface area contributed by atoms with Crippen molar-refractivity contribution in [2.24, 2.45) is 0 Å². The predicted molar refractivity (Wildman–Crippen MR) is 104 cm³/mol. The van der Waals surface area contributed by atoms with Gasteiger partial charge in [-0.3, -0.25) is 0 Å². The van der Waals surface area contributed by atoms with Gasteiger partial charge in [-0.25, -0.2) is 0 Å². The second-order valence-corrected chi connectivity index (χ2v) is 6.33. The number of hydrogen-bond acceptors (Lipinski definition) is 3. The molecule has 1 heterocycles. The van der Waals surface area contributed by atoms with Crippen LogP contribution in [0, 0.1) is 6.92 Å². The second kappa shape index (κ2) is 7.53. The first-order valence-electron chi connectivity index (χ1n) is 8.18. The van der Waals surface area contributed by atoms with Crippen LogP contribution in [0.4, 0.5) is 11.4 Å². The van der Waals surface area contributed by atoms with Gasteiger partial charge in [-0.1, -0.05) is 29.8 Å². The van der Waals surface area contributed by atoms with Gasteiger partial charge < -0.3 is 19.9 Å². The minimum atomic E-state index is 0.790. The highest BCUT2D eigenvalue weighted by Gasteiger charge is 2.21. The highest BCUT2D eigenvalue weighted by atomic mass is 32.1. The number of piperazine rings is 1. The molecule has 2 aromatic carbocycles. The van der Waals surface area contributed by atoms with Gasteiger partial charge in [0.1, 0.15) is 5.75 Å². The molecule has 0 spiro atoms. The van der Waals surface area contributed by atoms with Gasteiger partial charge in [-0.05, 0) is 43.4 Å². The van der Waals surface area contributed by atoms with Crippen molar-refractivity contribution in [2.75, 3.05) is 43.5 Å². The molecule has 1 aliphatic heterocycles. The van der Waals surface area contributed by atoms with Crippen molar-refractivity contribution in [3.05, 3.63) is 54.1 Å². The lowest BCUT2D eigenvalue weighted by Gasteiger charge is -2.37. The molecule has 1 fully saturated rings. The Morgan fingerprint density at radius 2 is 1.67 bits per heavy atom. The van der Waals surface area contributed by atoms with Crippen molar-refractivity contribution in [1.29, 1.82) is 0 Å². The number of methoxy groups -OCH3 is 1. The average molecular weight is 341 g/mol. The summed E-state index contributed by atoms with van der Waals surface area (Å²) in [5.41, 5.74) is 3.44. The van der Waals surface area contributed by atoms with E-state index in [4.69, 9.17) is 17.0 Å². The number of benzene rings is 2. The van der Waals surface area contributed by atoms with Gasteiger partial charge in [-0.2, -0.15) is 0 Å². The van der Waals surface area contributed by atoms with Crippen molar-refractivity contribution in [3.8, 4) is 5.75 Å². The Bertz CT molecular complexity index is 694. The molecular weight excluding hydrogens is 318 g/mol. The van der Waals surface area contributed by atoms with E-state index in [1.54, 1.807) is 7.11 Å². The maximum absolute atomic E-state index is 5.56. The number of anilines is 2. The van der Waals surface area contributed by atoms with E-state index in [1.807, 2.05) is 18.2 Å². The molecule has 0 amide bonds. The summed E-state index contributed by atoms with van der Waals surface area (Å²) in [6.07, 6.45) is 0. The summed E-state index contributed by atoms with van der Waals surface area (Å²) in [6, 6.07) is 16.5. The van der Waals surface area contributed by atoms with E-state index in [0.29, 0.717) is 0 Å². The smallest absolute Gasteiger partial charge is 0.173 e. The number of thiocarbonyl (C=S) groups is 1. The molecule has 0 aliphatic carbocycles. The fraction of sp³-hybridized carbons (Fsp3) is 0.316. The first kappa shape index (κ1) is 16.6. The van der Waals surface area contributed by atoms with Gasteiger partial charge in [0.2, 0.25) is 0 Å². The zero-order chi connectivity index (χ0) is 16.9. The molecule has 0 unspecified atom stereocenters. The number of ether oxygens (including phenoxy) is 1. The minimum absolute atomic E-state index is 0.790. The molecule has 0 radical (unpaired) electrons. The van der Waals surface area contributed by atoms with E-state index < -0.39 is 0 Å². The molecule has 1 N–H and O–H groups in total. The standard InChI is InChI=1S/C19H23N3OS/c1-15-7-9-16(10-8-15)20-19(24)22-13-11-21(12-14-22)17-5-3-4-6-18(17)23-2/h3-10H,11-14H2,1-2H3,(H,20,24). The molecule has 4 nitrogen and oxygen atoms in total. The quantitative estimate of drug-likeness (QED) is 0.862. The van der Waals surface area contributed by atoms with Crippen LogP contribution in [0.25, 0.3) is 0 Å². The molecule has 1 aliphatic rings. The van der Waals surface area contributed by atoms with Gasteiger partial charge in [0.25, 0.3) is 0 Å². The lowest BCUT2D eigenvalue weighted by atomic mass is 10.2. The first-order chi connectivity index (χ1) is 11.7. The topological polar surface area (TPSA) is 27.7 Å².